The van der Waals surface area contributed by atoms with Gasteiger partial charge in [0.25, 0.3) is 0 Å². The Morgan fingerprint density at radius 1 is 0.443 bits per heavy atom. The zero-order valence-corrected chi connectivity index (χ0v) is 35.4. The van der Waals surface area contributed by atoms with Crippen molar-refractivity contribution in [3.63, 3.8) is 0 Å². The minimum Gasteiger partial charge on any atom is -0.456 e. The Kier molecular flexibility index (Phi) is 7.52. The standard InChI is InChI=1S/C56H45BN2O2/c1-55(2,3)36-24-27-38(28-25-36)59-47-33-50-44(40-20-12-14-22-48(40)60-50)32-43(47)45-30-35-18-10-11-19-39(35)53-51(45)57(59)52-41-21-13-15-23-49(41)61-54(52)58(53)46-29-26-37(56(4,5)6)31-42(46)34-16-8-7-9-17-34/h7-33H,1-6H3. The van der Waals surface area contributed by atoms with Crippen molar-refractivity contribution in [2.45, 2.75) is 52.4 Å². The molecule has 0 spiro atoms. The molecule has 4 heterocycles. The topological polar surface area (TPSA) is 32.8 Å². The molecule has 2 aliphatic rings. The van der Waals surface area contributed by atoms with Gasteiger partial charge in [-0.15, -0.1) is 0 Å². The average Bonchev–Trinajstić information content (AvgIpc) is 3.83. The summed E-state index contributed by atoms with van der Waals surface area (Å²) in [6, 6.07) is 60.1. The van der Waals surface area contributed by atoms with Gasteiger partial charge in [0.1, 0.15) is 16.7 Å². The van der Waals surface area contributed by atoms with E-state index in [1.165, 1.54) is 38.5 Å². The highest BCUT2D eigenvalue weighted by Crippen LogP contribution is 2.53. The van der Waals surface area contributed by atoms with Crippen molar-refractivity contribution in [3.05, 3.63) is 175 Å². The number of furan rings is 2. The quantitative estimate of drug-likeness (QED) is 0.167. The van der Waals surface area contributed by atoms with Crippen LogP contribution in [-0.2, 0) is 10.8 Å². The fourth-order valence-electron chi connectivity index (χ4n) is 10.1. The predicted octanol–water partition coefficient (Wildman–Crippen LogP) is 14.5. The number of hydrogen-bond donors (Lipinski definition) is 0. The highest BCUT2D eigenvalue weighted by molar-refractivity contribution is 6.95. The average molecular weight is 789 g/mol. The van der Waals surface area contributed by atoms with Crippen LogP contribution in [0.2, 0.25) is 0 Å². The summed E-state index contributed by atoms with van der Waals surface area (Å²) in [6.07, 6.45) is 0. The summed E-state index contributed by atoms with van der Waals surface area (Å²) in [7, 11) is 0. The van der Waals surface area contributed by atoms with Gasteiger partial charge in [0.2, 0.25) is 5.88 Å². The summed E-state index contributed by atoms with van der Waals surface area (Å²) < 4.78 is 13.9. The van der Waals surface area contributed by atoms with Crippen molar-refractivity contribution < 1.29 is 8.83 Å². The van der Waals surface area contributed by atoms with E-state index >= 15 is 0 Å². The lowest BCUT2D eigenvalue weighted by Crippen LogP contribution is -2.61. The van der Waals surface area contributed by atoms with E-state index in [1.807, 2.05) is 0 Å². The second-order valence-electron chi connectivity index (χ2n) is 18.9. The molecule has 61 heavy (non-hydrogen) atoms. The Balaban J connectivity index is 1.25. The minimum atomic E-state index is -0.228. The smallest absolute Gasteiger partial charge is 0.337 e. The van der Waals surface area contributed by atoms with Gasteiger partial charge in [-0.25, -0.2) is 0 Å². The van der Waals surface area contributed by atoms with Crippen LogP contribution in [0.5, 0.6) is 0 Å². The Hall–Kier alpha value is -6.98. The Bertz CT molecular complexity index is 3400. The molecule has 0 radical (unpaired) electrons. The van der Waals surface area contributed by atoms with Gasteiger partial charge >= 0.3 is 6.85 Å². The van der Waals surface area contributed by atoms with Crippen molar-refractivity contribution in [1.82, 2.24) is 0 Å². The van der Waals surface area contributed by atoms with E-state index in [4.69, 9.17) is 8.83 Å². The lowest BCUT2D eigenvalue weighted by atomic mass is 9.43. The molecule has 0 saturated carbocycles. The summed E-state index contributed by atoms with van der Waals surface area (Å²) in [4.78, 5) is 5.02. The number of anilines is 5. The highest BCUT2D eigenvalue weighted by atomic mass is 16.4. The van der Waals surface area contributed by atoms with Crippen LogP contribution in [-0.4, -0.2) is 6.85 Å². The third-order valence-electron chi connectivity index (χ3n) is 13.2. The van der Waals surface area contributed by atoms with Crippen LogP contribution in [0.1, 0.15) is 52.7 Å². The summed E-state index contributed by atoms with van der Waals surface area (Å²) in [5.41, 5.74) is 16.8. The molecular weight excluding hydrogens is 743 g/mol. The van der Waals surface area contributed by atoms with E-state index in [1.54, 1.807) is 0 Å². The summed E-state index contributed by atoms with van der Waals surface area (Å²) >= 11 is 0. The van der Waals surface area contributed by atoms with E-state index in [0.29, 0.717) is 0 Å². The monoisotopic (exact) mass is 788 g/mol. The van der Waals surface area contributed by atoms with Crippen LogP contribution in [0.4, 0.5) is 28.6 Å². The molecule has 0 amide bonds. The minimum absolute atomic E-state index is 0.00965. The van der Waals surface area contributed by atoms with Crippen LogP contribution in [0, 0.1) is 0 Å². The van der Waals surface area contributed by atoms with Crippen molar-refractivity contribution in [3.8, 4) is 22.3 Å². The second kappa shape index (κ2) is 12.8. The second-order valence-corrected chi connectivity index (χ2v) is 18.9. The molecule has 294 valence electrons. The molecular formula is C56H45BN2O2. The first-order chi connectivity index (χ1) is 29.5. The van der Waals surface area contributed by atoms with Crippen LogP contribution in [0.3, 0.4) is 0 Å². The van der Waals surface area contributed by atoms with E-state index in [-0.39, 0.29) is 17.7 Å². The fraction of sp³-hybridized carbons (Fsp3) is 0.143. The number of benzene rings is 8. The Morgan fingerprint density at radius 3 is 1.82 bits per heavy atom. The summed E-state index contributed by atoms with van der Waals surface area (Å²) in [5, 5.41) is 5.70. The van der Waals surface area contributed by atoms with Crippen LogP contribution >= 0.6 is 0 Å². The van der Waals surface area contributed by atoms with Crippen LogP contribution < -0.4 is 20.6 Å². The van der Waals surface area contributed by atoms with Crippen molar-refractivity contribution in [1.29, 1.82) is 0 Å². The molecule has 0 fully saturated rings. The van der Waals surface area contributed by atoms with E-state index in [0.717, 1.165) is 78.1 Å². The normalized spacial score (nSPS) is 13.6. The molecule has 4 nitrogen and oxygen atoms in total. The molecule has 0 unspecified atom stereocenters. The van der Waals surface area contributed by atoms with Gasteiger partial charge in [0.05, 0.1) is 11.4 Å². The van der Waals surface area contributed by atoms with Gasteiger partial charge in [-0.05, 0) is 92.5 Å². The number of nitrogens with zero attached hydrogens (tertiary/aromatic N) is 2. The zero-order chi connectivity index (χ0) is 41.4. The van der Waals surface area contributed by atoms with Gasteiger partial charge in [-0.3, -0.25) is 4.90 Å². The first kappa shape index (κ1) is 35.9. The molecule has 0 N–H and O–H groups in total. The first-order valence-electron chi connectivity index (χ1n) is 21.5. The molecule has 12 rings (SSSR count). The van der Waals surface area contributed by atoms with Crippen molar-refractivity contribution in [2.24, 2.45) is 0 Å². The van der Waals surface area contributed by atoms with Gasteiger partial charge in [-0.2, -0.15) is 0 Å². The third kappa shape index (κ3) is 5.32. The van der Waals surface area contributed by atoms with Crippen molar-refractivity contribution >= 4 is 90.1 Å². The van der Waals surface area contributed by atoms with E-state index < -0.39 is 0 Å². The SMILES string of the molecule is CC(C)(C)c1ccc(N2B3c4c(cc5ccccc5c4N(c4ccc(C(C)(C)C)cc4-c4ccccc4)c4oc5ccccc5c43)-c3cc4c(cc32)oc2ccccc24)cc1. The van der Waals surface area contributed by atoms with Crippen LogP contribution in [0.15, 0.2) is 173 Å². The van der Waals surface area contributed by atoms with Crippen LogP contribution in [0.25, 0.3) is 65.9 Å². The molecule has 0 saturated heterocycles. The number of hydrogen-bond acceptors (Lipinski definition) is 4. The molecule has 0 bridgehead atoms. The van der Waals surface area contributed by atoms with E-state index in [9.17, 15) is 0 Å². The number of para-hydroxylation sites is 2. The molecule has 0 aliphatic carbocycles. The number of fused-ring (bicyclic) bond motifs is 11. The van der Waals surface area contributed by atoms with E-state index in [2.05, 4.69) is 215 Å². The molecule has 0 atom stereocenters. The molecule has 2 aliphatic heterocycles. The maximum absolute atomic E-state index is 7.27. The summed E-state index contributed by atoms with van der Waals surface area (Å²) in [5.74, 6) is 0.839. The molecule has 2 aromatic heterocycles. The Labute approximate surface area is 356 Å². The fourth-order valence-corrected chi connectivity index (χ4v) is 10.1. The molecule has 10 aromatic rings. The van der Waals surface area contributed by atoms with Gasteiger partial charge in [-0.1, -0.05) is 151 Å². The van der Waals surface area contributed by atoms with Crippen molar-refractivity contribution in [2.75, 3.05) is 9.71 Å². The Morgan fingerprint density at radius 2 is 1.08 bits per heavy atom. The van der Waals surface area contributed by atoms with Gasteiger partial charge < -0.3 is 13.6 Å². The molecule has 8 aromatic carbocycles. The first-order valence-corrected chi connectivity index (χ1v) is 21.5. The highest BCUT2D eigenvalue weighted by Gasteiger charge is 2.49. The predicted molar refractivity (Wildman–Crippen MR) is 258 cm³/mol. The third-order valence-corrected chi connectivity index (χ3v) is 13.2. The maximum Gasteiger partial charge on any atom is 0.337 e. The lowest BCUT2D eigenvalue weighted by molar-refractivity contribution is 0.590. The lowest BCUT2D eigenvalue weighted by Gasteiger charge is -2.45. The van der Waals surface area contributed by atoms with Gasteiger partial charge in [0.15, 0.2) is 0 Å². The largest absolute Gasteiger partial charge is 0.456 e. The zero-order valence-electron chi connectivity index (χ0n) is 35.4. The maximum atomic E-state index is 7.27. The van der Waals surface area contributed by atoms with Gasteiger partial charge in [0, 0.05) is 55.6 Å². The number of rotatable bonds is 3. The summed E-state index contributed by atoms with van der Waals surface area (Å²) in [6.45, 7) is 13.5. The molecule has 5 heteroatoms.